The van der Waals surface area contributed by atoms with E-state index in [1.807, 2.05) is 17.6 Å². The van der Waals surface area contributed by atoms with Crippen LogP contribution in [0, 0.1) is 5.82 Å². The minimum atomic E-state index is -0.238. The van der Waals surface area contributed by atoms with Gasteiger partial charge in [0.25, 0.3) is 0 Å². The molecular formula is C12H14BrFN4. The minimum absolute atomic E-state index is 0.238. The van der Waals surface area contributed by atoms with Crippen molar-refractivity contribution in [3.05, 3.63) is 46.2 Å². The van der Waals surface area contributed by atoms with E-state index in [2.05, 4.69) is 31.4 Å². The highest BCUT2D eigenvalue weighted by molar-refractivity contribution is 9.10. The van der Waals surface area contributed by atoms with Crippen molar-refractivity contribution >= 4 is 15.9 Å². The summed E-state index contributed by atoms with van der Waals surface area (Å²) < 4.78 is 15.9. The van der Waals surface area contributed by atoms with Crippen molar-refractivity contribution in [2.45, 2.75) is 26.6 Å². The summed E-state index contributed by atoms with van der Waals surface area (Å²) in [5.41, 5.74) is 0.893. The summed E-state index contributed by atoms with van der Waals surface area (Å²) >= 11 is 3.27. The lowest BCUT2D eigenvalue weighted by molar-refractivity contribution is 0.601. The molecule has 0 bridgehead atoms. The number of rotatable bonds is 5. The SMILES string of the molecule is CCn1cnnc1CNCc1cc(F)cc(Br)c1. The quantitative estimate of drug-likeness (QED) is 0.922. The van der Waals surface area contributed by atoms with Crippen molar-refractivity contribution in [2.75, 3.05) is 0 Å². The molecule has 0 aliphatic rings. The highest BCUT2D eigenvalue weighted by atomic mass is 79.9. The topological polar surface area (TPSA) is 42.7 Å². The van der Waals surface area contributed by atoms with Gasteiger partial charge in [-0.25, -0.2) is 4.39 Å². The van der Waals surface area contributed by atoms with Gasteiger partial charge in [0.15, 0.2) is 0 Å². The minimum Gasteiger partial charge on any atom is -0.317 e. The third kappa shape index (κ3) is 3.36. The Bertz CT molecular complexity index is 506. The Labute approximate surface area is 113 Å². The predicted octanol–water partition coefficient (Wildman–Crippen LogP) is 2.49. The van der Waals surface area contributed by atoms with Crippen LogP contribution in [0.4, 0.5) is 4.39 Å². The Hall–Kier alpha value is -1.27. The lowest BCUT2D eigenvalue weighted by Gasteiger charge is -2.06. The number of hydrogen-bond acceptors (Lipinski definition) is 3. The Morgan fingerprint density at radius 1 is 1.33 bits per heavy atom. The lowest BCUT2D eigenvalue weighted by atomic mass is 10.2. The molecule has 0 saturated carbocycles. The fraction of sp³-hybridized carbons (Fsp3) is 0.333. The zero-order valence-electron chi connectivity index (χ0n) is 10.0. The average Bonchev–Trinajstić information content (AvgIpc) is 2.75. The van der Waals surface area contributed by atoms with E-state index in [0.29, 0.717) is 13.1 Å². The van der Waals surface area contributed by atoms with Gasteiger partial charge in [-0.2, -0.15) is 0 Å². The lowest BCUT2D eigenvalue weighted by Crippen LogP contribution is -2.16. The van der Waals surface area contributed by atoms with Gasteiger partial charge in [0.05, 0.1) is 6.54 Å². The standard InChI is InChI=1S/C12H14BrFN4/c1-2-18-8-16-17-12(18)7-15-6-9-3-10(13)5-11(14)4-9/h3-5,8,15H,2,6-7H2,1H3. The summed E-state index contributed by atoms with van der Waals surface area (Å²) in [6, 6.07) is 4.85. The fourth-order valence-corrected chi connectivity index (χ4v) is 2.22. The van der Waals surface area contributed by atoms with E-state index in [-0.39, 0.29) is 5.82 Å². The number of nitrogens with zero attached hydrogens (tertiary/aromatic N) is 3. The Kier molecular flexibility index (Phi) is 4.43. The van der Waals surface area contributed by atoms with Gasteiger partial charge >= 0.3 is 0 Å². The molecule has 1 heterocycles. The molecule has 0 aliphatic carbocycles. The zero-order chi connectivity index (χ0) is 13.0. The van der Waals surface area contributed by atoms with Gasteiger partial charge in [-0.3, -0.25) is 0 Å². The smallest absolute Gasteiger partial charge is 0.146 e. The van der Waals surface area contributed by atoms with Crippen molar-refractivity contribution in [3.8, 4) is 0 Å². The van der Waals surface area contributed by atoms with E-state index in [0.717, 1.165) is 22.4 Å². The highest BCUT2D eigenvalue weighted by Crippen LogP contribution is 2.14. The van der Waals surface area contributed by atoms with Gasteiger partial charge in [0.1, 0.15) is 18.0 Å². The Morgan fingerprint density at radius 2 is 2.17 bits per heavy atom. The summed E-state index contributed by atoms with van der Waals surface area (Å²) in [4.78, 5) is 0. The summed E-state index contributed by atoms with van der Waals surface area (Å²) in [6.07, 6.45) is 1.70. The van der Waals surface area contributed by atoms with Crippen LogP contribution in [-0.4, -0.2) is 14.8 Å². The molecule has 0 atom stereocenters. The summed E-state index contributed by atoms with van der Waals surface area (Å²) in [5, 5.41) is 11.1. The van der Waals surface area contributed by atoms with Gasteiger partial charge < -0.3 is 9.88 Å². The van der Waals surface area contributed by atoms with Gasteiger partial charge in [0, 0.05) is 17.6 Å². The first-order valence-electron chi connectivity index (χ1n) is 5.71. The van der Waals surface area contributed by atoms with Crippen molar-refractivity contribution in [2.24, 2.45) is 0 Å². The van der Waals surface area contributed by atoms with E-state index >= 15 is 0 Å². The van der Waals surface area contributed by atoms with E-state index < -0.39 is 0 Å². The molecule has 6 heteroatoms. The summed E-state index contributed by atoms with van der Waals surface area (Å²) in [5.74, 6) is 0.644. The molecule has 0 amide bonds. The third-order valence-corrected chi connectivity index (χ3v) is 3.03. The Morgan fingerprint density at radius 3 is 2.89 bits per heavy atom. The van der Waals surface area contributed by atoms with Gasteiger partial charge in [-0.1, -0.05) is 15.9 Å². The van der Waals surface area contributed by atoms with Crippen molar-refractivity contribution in [1.29, 1.82) is 0 Å². The van der Waals surface area contributed by atoms with Crippen LogP contribution in [0.3, 0.4) is 0 Å². The van der Waals surface area contributed by atoms with Crippen LogP contribution in [0.1, 0.15) is 18.3 Å². The number of aryl methyl sites for hydroxylation is 1. The second-order valence-electron chi connectivity index (χ2n) is 3.91. The van der Waals surface area contributed by atoms with Crippen LogP contribution >= 0.6 is 15.9 Å². The molecule has 0 spiro atoms. The maximum Gasteiger partial charge on any atom is 0.146 e. The highest BCUT2D eigenvalue weighted by Gasteiger charge is 2.03. The summed E-state index contributed by atoms with van der Waals surface area (Å²) in [6.45, 7) is 4.08. The largest absolute Gasteiger partial charge is 0.317 e. The maximum atomic E-state index is 13.2. The van der Waals surface area contributed by atoms with Crippen LogP contribution in [0.2, 0.25) is 0 Å². The average molecular weight is 313 g/mol. The molecule has 4 nitrogen and oxygen atoms in total. The van der Waals surface area contributed by atoms with Crippen LogP contribution in [-0.2, 0) is 19.6 Å². The predicted molar refractivity (Wildman–Crippen MR) is 70.3 cm³/mol. The van der Waals surface area contributed by atoms with Crippen LogP contribution in [0.15, 0.2) is 29.0 Å². The molecule has 1 aromatic heterocycles. The molecule has 96 valence electrons. The van der Waals surface area contributed by atoms with Gasteiger partial charge in [0.2, 0.25) is 0 Å². The van der Waals surface area contributed by atoms with Crippen LogP contribution in [0.25, 0.3) is 0 Å². The third-order valence-electron chi connectivity index (χ3n) is 2.57. The van der Waals surface area contributed by atoms with E-state index in [1.165, 1.54) is 12.1 Å². The van der Waals surface area contributed by atoms with E-state index in [1.54, 1.807) is 6.33 Å². The molecule has 1 aromatic carbocycles. The fourth-order valence-electron chi connectivity index (χ4n) is 1.71. The number of nitrogens with one attached hydrogen (secondary N) is 1. The molecule has 18 heavy (non-hydrogen) atoms. The first-order chi connectivity index (χ1) is 8.69. The van der Waals surface area contributed by atoms with Crippen LogP contribution in [0.5, 0.6) is 0 Å². The number of benzene rings is 1. The normalized spacial score (nSPS) is 10.8. The van der Waals surface area contributed by atoms with Crippen molar-refractivity contribution < 1.29 is 4.39 Å². The van der Waals surface area contributed by atoms with Crippen LogP contribution < -0.4 is 5.32 Å². The molecule has 2 rings (SSSR count). The van der Waals surface area contributed by atoms with E-state index in [9.17, 15) is 4.39 Å². The number of aromatic nitrogens is 3. The van der Waals surface area contributed by atoms with Crippen molar-refractivity contribution in [1.82, 2.24) is 20.1 Å². The first kappa shape index (κ1) is 13.2. The molecule has 0 radical (unpaired) electrons. The molecule has 1 N–H and O–H groups in total. The second-order valence-corrected chi connectivity index (χ2v) is 4.83. The molecule has 0 unspecified atom stereocenters. The first-order valence-corrected chi connectivity index (χ1v) is 6.50. The van der Waals surface area contributed by atoms with Crippen molar-refractivity contribution in [3.63, 3.8) is 0 Å². The zero-order valence-corrected chi connectivity index (χ0v) is 11.6. The second kappa shape index (κ2) is 6.06. The van der Waals surface area contributed by atoms with E-state index in [4.69, 9.17) is 0 Å². The molecule has 0 saturated heterocycles. The Balaban J connectivity index is 1.92. The number of hydrogen-bond donors (Lipinski definition) is 1. The molecule has 2 aromatic rings. The molecular weight excluding hydrogens is 299 g/mol. The number of halogens is 2. The molecule has 0 fully saturated rings. The maximum absolute atomic E-state index is 13.2. The monoisotopic (exact) mass is 312 g/mol. The van der Waals surface area contributed by atoms with Gasteiger partial charge in [-0.05, 0) is 30.7 Å². The summed E-state index contributed by atoms with van der Waals surface area (Å²) in [7, 11) is 0. The van der Waals surface area contributed by atoms with Gasteiger partial charge in [-0.15, -0.1) is 10.2 Å². The molecule has 0 aliphatic heterocycles.